The van der Waals surface area contributed by atoms with Gasteiger partial charge in [0.25, 0.3) is 0 Å². The third kappa shape index (κ3) is 2.43. The summed E-state index contributed by atoms with van der Waals surface area (Å²) in [5, 5.41) is 0. The second-order valence-corrected chi connectivity index (χ2v) is 5.99. The molecule has 2 heteroatoms. The first kappa shape index (κ1) is 13.1. The SMILES string of the molecule is C=CC(C)[C@@H]1C=CC=C(C2=NC(C)(C)CO2)[C@H]1C. The Morgan fingerprint density at radius 3 is 2.83 bits per heavy atom. The molecule has 0 spiro atoms. The summed E-state index contributed by atoms with van der Waals surface area (Å²) in [5.41, 5.74) is 1.14. The first-order chi connectivity index (χ1) is 8.44. The van der Waals surface area contributed by atoms with Gasteiger partial charge < -0.3 is 4.74 Å². The number of hydrogen-bond donors (Lipinski definition) is 0. The molecule has 0 aromatic carbocycles. The van der Waals surface area contributed by atoms with Crippen LogP contribution in [0.15, 0.2) is 41.4 Å². The van der Waals surface area contributed by atoms with Crippen LogP contribution in [0.1, 0.15) is 27.7 Å². The molecule has 0 aromatic rings. The van der Waals surface area contributed by atoms with Gasteiger partial charge in [-0.15, -0.1) is 6.58 Å². The third-order valence-corrected chi connectivity index (χ3v) is 3.87. The molecule has 0 saturated heterocycles. The van der Waals surface area contributed by atoms with Gasteiger partial charge in [-0.25, -0.2) is 4.99 Å². The normalized spacial score (nSPS) is 31.3. The van der Waals surface area contributed by atoms with Gasteiger partial charge in [0.05, 0.1) is 5.54 Å². The number of hydrogen-bond acceptors (Lipinski definition) is 2. The van der Waals surface area contributed by atoms with Crippen molar-refractivity contribution < 1.29 is 4.74 Å². The minimum atomic E-state index is -0.0867. The van der Waals surface area contributed by atoms with Crippen LogP contribution in [0.25, 0.3) is 0 Å². The van der Waals surface area contributed by atoms with Crippen molar-refractivity contribution in [1.29, 1.82) is 0 Å². The zero-order valence-electron chi connectivity index (χ0n) is 11.8. The lowest BCUT2D eigenvalue weighted by atomic mass is 9.76. The van der Waals surface area contributed by atoms with Gasteiger partial charge in [0.1, 0.15) is 6.61 Å². The van der Waals surface area contributed by atoms with E-state index in [4.69, 9.17) is 4.74 Å². The summed E-state index contributed by atoms with van der Waals surface area (Å²) < 4.78 is 5.76. The van der Waals surface area contributed by atoms with E-state index in [1.54, 1.807) is 0 Å². The zero-order valence-corrected chi connectivity index (χ0v) is 11.8. The van der Waals surface area contributed by atoms with E-state index in [0.29, 0.717) is 24.4 Å². The lowest BCUT2D eigenvalue weighted by Crippen LogP contribution is -2.24. The van der Waals surface area contributed by atoms with Gasteiger partial charge in [0.15, 0.2) is 0 Å². The van der Waals surface area contributed by atoms with Gasteiger partial charge in [0, 0.05) is 5.57 Å². The van der Waals surface area contributed by atoms with Crippen LogP contribution in [0.5, 0.6) is 0 Å². The molecule has 1 unspecified atom stereocenters. The van der Waals surface area contributed by atoms with Crippen LogP contribution in [0.2, 0.25) is 0 Å². The first-order valence-electron chi connectivity index (χ1n) is 6.68. The maximum Gasteiger partial charge on any atom is 0.212 e. The molecule has 2 rings (SSSR count). The summed E-state index contributed by atoms with van der Waals surface area (Å²) in [6.45, 7) is 13.2. The first-order valence-corrected chi connectivity index (χ1v) is 6.68. The standard InChI is InChI=1S/C16H23NO/c1-6-11(2)13-8-7-9-14(12(13)3)15-17-16(4,5)10-18-15/h6-9,11-13H,1,10H2,2-5H3/t11?,12-,13-/m0/s1. The third-order valence-electron chi connectivity index (χ3n) is 3.87. The Hall–Kier alpha value is -1.31. The molecule has 0 aromatic heterocycles. The van der Waals surface area contributed by atoms with Crippen molar-refractivity contribution in [3.05, 3.63) is 36.5 Å². The zero-order chi connectivity index (χ0) is 13.3. The minimum absolute atomic E-state index is 0.0867. The quantitative estimate of drug-likeness (QED) is 0.694. The molecule has 0 N–H and O–H groups in total. The fourth-order valence-corrected chi connectivity index (χ4v) is 2.60. The molecule has 2 aliphatic rings. The lowest BCUT2D eigenvalue weighted by Gasteiger charge is -2.29. The minimum Gasteiger partial charge on any atom is -0.475 e. The molecule has 18 heavy (non-hydrogen) atoms. The van der Waals surface area contributed by atoms with E-state index in [-0.39, 0.29) is 5.54 Å². The predicted molar refractivity (Wildman–Crippen MR) is 76.7 cm³/mol. The van der Waals surface area contributed by atoms with Gasteiger partial charge in [0.2, 0.25) is 5.90 Å². The van der Waals surface area contributed by atoms with Crippen molar-refractivity contribution in [3.8, 4) is 0 Å². The Kier molecular flexibility index (Phi) is 3.47. The summed E-state index contributed by atoms with van der Waals surface area (Å²) in [6.07, 6.45) is 8.55. The highest BCUT2D eigenvalue weighted by atomic mass is 16.5. The summed E-state index contributed by atoms with van der Waals surface area (Å²) in [6, 6.07) is 0. The van der Waals surface area contributed by atoms with Gasteiger partial charge in [-0.3, -0.25) is 0 Å². The van der Waals surface area contributed by atoms with Crippen molar-refractivity contribution in [2.24, 2.45) is 22.7 Å². The van der Waals surface area contributed by atoms with Crippen molar-refractivity contribution in [3.63, 3.8) is 0 Å². The monoisotopic (exact) mass is 245 g/mol. The van der Waals surface area contributed by atoms with Gasteiger partial charge >= 0.3 is 0 Å². The van der Waals surface area contributed by atoms with Crippen LogP contribution in [-0.4, -0.2) is 18.0 Å². The Bertz CT molecular complexity index is 428. The fourth-order valence-electron chi connectivity index (χ4n) is 2.60. The average Bonchev–Trinajstić information content (AvgIpc) is 2.69. The van der Waals surface area contributed by atoms with E-state index < -0.39 is 0 Å². The molecule has 0 saturated carbocycles. The number of rotatable bonds is 3. The summed E-state index contributed by atoms with van der Waals surface area (Å²) in [7, 11) is 0. The Labute approximate surface area is 110 Å². The van der Waals surface area contributed by atoms with Crippen LogP contribution in [0.3, 0.4) is 0 Å². The van der Waals surface area contributed by atoms with Crippen molar-refractivity contribution in [2.75, 3.05) is 6.61 Å². The van der Waals surface area contributed by atoms with E-state index in [1.165, 1.54) is 5.57 Å². The molecule has 0 amide bonds. The van der Waals surface area contributed by atoms with E-state index in [1.807, 2.05) is 6.08 Å². The van der Waals surface area contributed by atoms with Crippen LogP contribution in [0.4, 0.5) is 0 Å². The van der Waals surface area contributed by atoms with Crippen molar-refractivity contribution in [2.45, 2.75) is 33.2 Å². The molecular weight excluding hydrogens is 222 g/mol. The maximum atomic E-state index is 5.76. The van der Waals surface area contributed by atoms with Gasteiger partial charge in [-0.2, -0.15) is 0 Å². The molecule has 0 fully saturated rings. The van der Waals surface area contributed by atoms with E-state index in [9.17, 15) is 0 Å². The molecule has 2 nitrogen and oxygen atoms in total. The Morgan fingerprint density at radius 2 is 2.28 bits per heavy atom. The second kappa shape index (κ2) is 4.75. The molecule has 1 heterocycles. The molecule has 1 aliphatic carbocycles. The van der Waals surface area contributed by atoms with Crippen molar-refractivity contribution in [1.82, 2.24) is 0 Å². The van der Waals surface area contributed by atoms with Crippen LogP contribution >= 0.6 is 0 Å². The molecule has 0 bridgehead atoms. The Morgan fingerprint density at radius 1 is 1.56 bits per heavy atom. The largest absolute Gasteiger partial charge is 0.475 e. The topological polar surface area (TPSA) is 21.6 Å². The maximum absolute atomic E-state index is 5.76. The summed E-state index contributed by atoms with van der Waals surface area (Å²) >= 11 is 0. The smallest absolute Gasteiger partial charge is 0.212 e. The van der Waals surface area contributed by atoms with Crippen LogP contribution in [-0.2, 0) is 4.74 Å². The highest BCUT2D eigenvalue weighted by Gasteiger charge is 2.33. The predicted octanol–water partition coefficient (Wildman–Crippen LogP) is 3.76. The van der Waals surface area contributed by atoms with Gasteiger partial charge in [-0.1, -0.05) is 38.2 Å². The molecule has 1 aliphatic heterocycles. The molecule has 98 valence electrons. The molecule has 0 radical (unpaired) electrons. The highest BCUT2D eigenvalue weighted by molar-refractivity contribution is 5.96. The molecular formula is C16H23NO. The van der Waals surface area contributed by atoms with Crippen molar-refractivity contribution >= 4 is 5.90 Å². The van der Waals surface area contributed by atoms with E-state index >= 15 is 0 Å². The van der Waals surface area contributed by atoms with Gasteiger partial charge in [-0.05, 0) is 31.6 Å². The fraction of sp³-hybridized carbons (Fsp3) is 0.562. The number of allylic oxidation sites excluding steroid dienone is 4. The number of aliphatic imine (C=N–C) groups is 1. The summed E-state index contributed by atoms with van der Waals surface area (Å²) in [5.74, 6) is 2.21. The van der Waals surface area contributed by atoms with E-state index in [2.05, 4.69) is 57.5 Å². The number of nitrogens with zero attached hydrogens (tertiary/aromatic N) is 1. The van der Waals surface area contributed by atoms with E-state index in [0.717, 1.165) is 5.90 Å². The molecule has 3 atom stereocenters. The van der Waals surface area contributed by atoms with Crippen LogP contribution < -0.4 is 0 Å². The average molecular weight is 245 g/mol. The highest BCUT2D eigenvalue weighted by Crippen LogP contribution is 2.35. The lowest BCUT2D eigenvalue weighted by molar-refractivity contribution is 0.275. The number of ether oxygens (including phenoxy) is 1. The Balaban J connectivity index is 2.23. The second-order valence-electron chi connectivity index (χ2n) is 5.99. The van der Waals surface area contributed by atoms with Crippen LogP contribution in [0, 0.1) is 17.8 Å². The summed E-state index contributed by atoms with van der Waals surface area (Å²) in [4.78, 5) is 4.68.